The van der Waals surface area contributed by atoms with Crippen molar-refractivity contribution in [3.8, 4) is 0 Å². The first kappa shape index (κ1) is 12.6. The van der Waals surface area contributed by atoms with Crippen molar-refractivity contribution < 1.29 is 9.53 Å². The quantitative estimate of drug-likeness (QED) is 0.762. The Morgan fingerprint density at radius 2 is 2.22 bits per heavy atom. The molecule has 0 amide bonds. The van der Waals surface area contributed by atoms with Crippen molar-refractivity contribution in [1.29, 1.82) is 0 Å². The molecule has 0 aliphatic rings. The van der Waals surface area contributed by atoms with Crippen molar-refractivity contribution >= 4 is 11.5 Å². The molecule has 0 atom stereocenters. The number of aromatic nitrogens is 2. The zero-order valence-electron chi connectivity index (χ0n) is 10.9. The molecule has 18 heavy (non-hydrogen) atoms. The number of imidazole rings is 1. The maximum absolute atomic E-state index is 11.7. The molecule has 5 heteroatoms. The van der Waals surface area contributed by atoms with Gasteiger partial charge in [0.15, 0.2) is 0 Å². The van der Waals surface area contributed by atoms with Crippen LogP contribution in [-0.4, -0.2) is 48.0 Å². The summed E-state index contributed by atoms with van der Waals surface area (Å²) in [7, 11) is 5.41. The van der Waals surface area contributed by atoms with Gasteiger partial charge in [0.05, 0.1) is 18.8 Å². The second kappa shape index (κ2) is 5.18. The van der Waals surface area contributed by atoms with Crippen LogP contribution in [0.5, 0.6) is 0 Å². The second-order valence-corrected chi connectivity index (χ2v) is 4.39. The van der Waals surface area contributed by atoms with Crippen LogP contribution in [0, 0.1) is 0 Å². The standard InChI is InChI=1S/C13H17N3O2/c1-15(2)8-7-12-14-9-10-5-4-6-11(16(10)12)13(17)18-3/h4-6,9H,7-8H2,1-3H3. The van der Waals surface area contributed by atoms with Gasteiger partial charge in [-0.05, 0) is 26.2 Å². The lowest BCUT2D eigenvalue weighted by Crippen LogP contribution is -2.17. The van der Waals surface area contributed by atoms with Crippen molar-refractivity contribution in [1.82, 2.24) is 14.3 Å². The number of likely N-dealkylation sites (N-methyl/N-ethyl adjacent to an activating group) is 1. The minimum Gasteiger partial charge on any atom is -0.464 e. The molecule has 0 saturated heterocycles. The Morgan fingerprint density at radius 1 is 1.44 bits per heavy atom. The number of pyridine rings is 1. The Bertz CT molecular complexity index is 560. The van der Waals surface area contributed by atoms with Gasteiger partial charge in [-0.1, -0.05) is 6.07 Å². The van der Waals surface area contributed by atoms with Gasteiger partial charge in [0, 0.05) is 13.0 Å². The smallest absolute Gasteiger partial charge is 0.355 e. The van der Waals surface area contributed by atoms with Crippen LogP contribution in [0.25, 0.3) is 5.52 Å². The van der Waals surface area contributed by atoms with Gasteiger partial charge in [-0.25, -0.2) is 9.78 Å². The van der Waals surface area contributed by atoms with Gasteiger partial charge in [0.2, 0.25) is 0 Å². The predicted octanol–water partition coefficient (Wildman–Crippen LogP) is 1.22. The highest BCUT2D eigenvalue weighted by Crippen LogP contribution is 2.12. The van der Waals surface area contributed by atoms with Crippen LogP contribution in [0.15, 0.2) is 24.4 Å². The Kier molecular flexibility index (Phi) is 3.62. The first-order chi connectivity index (χ1) is 8.63. The van der Waals surface area contributed by atoms with E-state index < -0.39 is 0 Å². The van der Waals surface area contributed by atoms with Crippen LogP contribution >= 0.6 is 0 Å². The molecule has 0 aliphatic heterocycles. The molecule has 0 saturated carbocycles. The van der Waals surface area contributed by atoms with Gasteiger partial charge in [-0.2, -0.15) is 0 Å². The fourth-order valence-electron chi connectivity index (χ4n) is 1.88. The predicted molar refractivity (Wildman–Crippen MR) is 68.8 cm³/mol. The number of ether oxygens (including phenoxy) is 1. The maximum Gasteiger partial charge on any atom is 0.355 e. The molecule has 0 aromatic carbocycles. The van der Waals surface area contributed by atoms with Crippen molar-refractivity contribution in [3.63, 3.8) is 0 Å². The summed E-state index contributed by atoms with van der Waals surface area (Å²) in [6, 6.07) is 5.51. The third-order valence-corrected chi connectivity index (χ3v) is 2.80. The van der Waals surface area contributed by atoms with Crippen molar-refractivity contribution in [2.75, 3.05) is 27.7 Å². The van der Waals surface area contributed by atoms with E-state index in [0.29, 0.717) is 5.69 Å². The van der Waals surface area contributed by atoms with Crippen LogP contribution in [0.3, 0.4) is 0 Å². The zero-order chi connectivity index (χ0) is 13.1. The van der Waals surface area contributed by atoms with Gasteiger partial charge < -0.3 is 9.64 Å². The fourth-order valence-corrected chi connectivity index (χ4v) is 1.88. The van der Waals surface area contributed by atoms with Gasteiger partial charge >= 0.3 is 5.97 Å². The Hall–Kier alpha value is -1.88. The number of carbonyl (C=O) groups excluding carboxylic acids is 1. The average molecular weight is 247 g/mol. The molecule has 0 unspecified atom stereocenters. The molecular weight excluding hydrogens is 230 g/mol. The molecule has 0 spiro atoms. The first-order valence-corrected chi connectivity index (χ1v) is 5.82. The number of hydrogen-bond acceptors (Lipinski definition) is 4. The number of esters is 1. The van der Waals surface area contributed by atoms with Crippen LogP contribution < -0.4 is 0 Å². The van der Waals surface area contributed by atoms with Crippen molar-refractivity contribution in [2.24, 2.45) is 0 Å². The van der Waals surface area contributed by atoms with Crippen molar-refractivity contribution in [2.45, 2.75) is 6.42 Å². The lowest BCUT2D eigenvalue weighted by atomic mass is 10.3. The van der Waals surface area contributed by atoms with Crippen LogP contribution in [0.4, 0.5) is 0 Å². The van der Waals surface area contributed by atoms with Gasteiger partial charge in [-0.15, -0.1) is 0 Å². The van der Waals surface area contributed by atoms with Crippen molar-refractivity contribution in [3.05, 3.63) is 35.9 Å². The Morgan fingerprint density at radius 3 is 2.89 bits per heavy atom. The average Bonchev–Trinajstić information content (AvgIpc) is 2.78. The van der Waals surface area contributed by atoms with Crippen LogP contribution in [-0.2, 0) is 11.2 Å². The summed E-state index contributed by atoms with van der Waals surface area (Å²) in [5.41, 5.74) is 1.42. The third kappa shape index (κ3) is 2.36. The molecule has 0 fully saturated rings. The van der Waals surface area contributed by atoms with E-state index in [1.165, 1.54) is 7.11 Å². The van der Waals surface area contributed by atoms with E-state index in [-0.39, 0.29) is 5.97 Å². The lowest BCUT2D eigenvalue weighted by Gasteiger charge is -2.10. The van der Waals surface area contributed by atoms with E-state index >= 15 is 0 Å². The van der Waals surface area contributed by atoms with E-state index in [1.807, 2.05) is 30.6 Å². The molecule has 0 N–H and O–H groups in total. The molecule has 96 valence electrons. The topological polar surface area (TPSA) is 46.8 Å². The summed E-state index contributed by atoms with van der Waals surface area (Å²) in [6.07, 6.45) is 2.56. The fraction of sp³-hybridized carbons (Fsp3) is 0.385. The minimum absolute atomic E-state index is 0.343. The van der Waals surface area contributed by atoms with E-state index in [4.69, 9.17) is 4.74 Å². The number of rotatable bonds is 4. The summed E-state index contributed by atoms with van der Waals surface area (Å²) in [5, 5.41) is 0. The highest BCUT2D eigenvalue weighted by Gasteiger charge is 2.13. The van der Waals surface area contributed by atoms with Crippen LogP contribution in [0.1, 0.15) is 16.3 Å². The maximum atomic E-state index is 11.7. The number of nitrogens with zero attached hydrogens (tertiary/aromatic N) is 3. The molecule has 2 aromatic heterocycles. The SMILES string of the molecule is COC(=O)c1cccc2cnc(CCN(C)C)n12. The number of fused-ring (bicyclic) bond motifs is 1. The minimum atomic E-state index is -0.343. The monoisotopic (exact) mass is 247 g/mol. The van der Waals surface area contributed by atoms with E-state index in [2.05, 4.69) is 9.88 Å². The Balaban J connectivity index is 2.45. The van der Waals surface area contributed by atoms with E-state index in [1.54, 1.807) is 12.3 Å². The van der Waals surface area contributed by atoms with Crippen LogP contribution in [0.2, 0.25) is 0 Å². The summed E-state index contributed by atoms with van der Waals surface area (Å²) < 4.78 is 6.65. The normalized spacial score (nSPS) is 11.1. The Labute approximate surface area is 106 Å². The molecular formula is C13H17N3O2. The molecule has 0 aliphatic carbocycles. The molecule has 2 rings (SSSR count). The number of methoxy groups -OCH3 is 1. The van der Waals surface area contributed by atoms with Gasteiger partial charge in [0.1, 0.15) is 11.5 Å². The van der Waals surface area contributed by atoms with Gasteiger partial charge in [0.25, 0.3) is 0 Å². The van der Waals surface area contributed by atoms with Gasteiger partial charge in [-0.3, -0.25) is 4.40 Å². The lowest BCUT2D eigenvalue weighted by molar-refractivity contribution is 0.0592. The molecule has 0 radical (unpaired) electrons. The first-order valence-electron chi connectivity index (χ1n) is 5.82. The number of carbonyl (C=O) groups is 1. The molecule has 0 bridgehead atoms. The summed E-state index contributed by atoms with van der Waals surface area (Å²) in [6.45, 7) is 0.884. The molecule has 2 heterocycles. The third-order valence-electron chi connectivity index (χ3n) is 2.80. The molecule has 2 aromatic rings. The summed E-state index contributed by atoms with van der Waals surface area (Å²) in [5.74, 6) is 0.532. The number of hydrogen-bond donors (Lipinski definition) is 0. The van der Waals surface area contributed by atoms with E-state index in [0.717, 1.165) is 24.3 Å². The second-order valence-electron chi connectivity index (χ2n) is 4.39. The highest BCUT2D eigenvalue weighted by atomic mass is 16.5. The van der Waals surface area contributed by atoms with E-state index in [9.17, 15) is 4.79 Å². The summed E-state index contributed by atoms with van der Waals surface area (Å²) >= 11 is 0. The summed E-state index contributed by atoms with van der Waals surface area (Å²) in [4.78, 5) is 18.2. The largest absolute Gasteiger partial charge is 0.464 e. The zero-order valence-corrected chi connectivity index (χ0v) is 10.9. The molecule has 5 nitrogen and oxygen atoms in total. The highest BCUT2D eigenvalue weighted by molar-refractivity contribution is 5.88.